The Morgan fingerprint density at radius 3 is 2.71 bits per heavy atom. The number of rotatable bonds is 4. The highest BCUT2D eigenvalue weighted by Crippen LogP contribution is 2.17. The van der Waals surface area contributed by atoms with Gasteiger partial charge in [0.2, 0.25) is 5.91 Å². The van der Waals surface area contributed by atoms with Gasteiger partial charge >= 0.3 is 0 Å². The second-order valence-corrected chi connectivity index (χ2v) is 4.65. The molecular weight excluding hydrogens is 292 g/mol. The summed E-state index contributed by atoms with van der Waals surface area (Å²) >= 11 is 6.01. The van der Waals surface area contributed by atoms with Crippen LogP contribution in [0.25, 0.3) is 0 Å². The van der Waals surface area contributed by atoms with Crippen molar-refractivity contribution in [3.05, 3.63) is 34.3 Å². The van der Waals surface area contributed by atoms with Crippen LogP contribution in [0.4, 0.5) is 0 Å². The molecule has 1 rings (SSSR count). The molecule has 1 aromatic carbocycles. The summed E-state index contributed by atoms with van der Waals surface area (Å²) in [6.45, 7) is 2.11. The third kappa shape index (κ3) is 5.10. The molecule has 0 bridgehead atoms. The van der Waals surface area contributed by atoms with Gasteiger partial charge in [-0.2, -0.15) is 0 Å². The maximum Gasteiger partial charge on any atom is 0.251 e. The van der Waals surface area contributed by atoms with Gasteiger partial charge in [-0.1, -0.05) is 23.4 Å². The van der Waals surface area contributed by atoms with Crippen molar-refractivity contribution in [2.45, 2.75) is 6.92 Å². The van der Waals surface area contributed by atoms with Gasteiger partial charge in [0, 0.05) is 24.7 Å². The van der Waals surface area contributed by atoms with Crippen molar-refractivity contribution in [1.29, 1.82) is 0 Å². The molecule has 0 unspecified atom stereocenters. The molecule has 0 aliphatic carbocycles. The molecule has 0 heterocycles. The lowest BCUT2D eigenvalue weighted by atomic mass is 10.1. The van der Waals surface area contributed by atoms with Gasteiger partial charge in [0.25, 0.3) is 5.91 Å². The number of carbonyl (C=O) groups is 2. The highest BCUT2D eigenvalue weighted by molar-refractivity contribution is 6.32. The molecule has 112 valence electrons. The van der Waals surface area contributed by atoms with Crippen molar-refractivity contribution < 1.29 is 14.7 Å². The maximum absolute atomic E-state index is 11.9. The molecule has 1 aromatic rings. The Kier molecular flexibility index (Phi) is 6.73. The molecule has 0 radical (unpaired) electrons. The minimum Gasteiger partial charge on any atom is -0.384 e. The predicted molar refractivity (Wildman–Crippen MR) is 81.1 cm³/mol. The lowest BCUT2D eigenvalue weighted by Gasteiger charge is -2.14. The summed E-state index contributed by atoms with van der Waals surface area (Å²) in [5.41, 5.74) is 0.880. The number of aliphatic hydroxyl groups excluding tert-OH is 1. The van der Waals surface area contributed by atoms with Gasteiger partial charge in [-0.15, -0.1) is 0 Å². The summed E-state index contributed by atoms with van der Waals surface area (Å²) in [6.07, 6.45) is 0. The molecule has 5 nitrogen and oxygen atoms in total. The number of amides is 2. The van der Waals surface area contributed by atoms with Gasteiger partial charge in [-0.3, -0.25) is 9.59 Å². The van der Waals surface area contributed by atoms with Crippen molar-refractivity contribution in [1.82, 2.24) is 10.2 Å². The summed E-state index contributed by atoms with van der Waals surface area (Å²) in [6, 6.07) is 4.64. The van der Waals surface area contributed by atoms with Crippen molar-refractivity contribution in [2.75, 3.05) is 26.7 Å². The van der Waals surface area contributed by atoms with Crippen LogP contribution >= 0.6 is 11.6 Å². The molecule has 2 N–H and O–H groups in total. The van der Waals surface area contributed by atoms with E-state index < -0.39 is 0 Å². The van der Waals surface area contributed by atoms with Crippen LogP contribution in [0, 0.1) is 11.8 Å². The monoisotopic (exact) mass is 308 g/mol. The quantitative estimate of drug-likeness (QED) is 0.812. The number of nitrogens with one attached hydrogen (secondary N) is 1. The van der Waals surface area contributed by atoms with E-state index in [9.17, 15) is 9.59 Å². The maximum atomic E-state index is 11.9. The SMILES string of the molecule is CCN(C)C(=O)CNC(=O)c1ccc(C#CCO)c(Cl)c1. The van der Waals surface area contributed by atoms with Gasteiger partial charge in [-0.05, 0) is 25.1 Å². The molecule has 2 amide bonds. The minimum atomic E-state index is -0.378. The zero-order valence-corrected chi connectivity index (χ0v) is 12.7. The van der Waals surface area contributed by atoms with E-state index in [-0.39, 0.29) is 25.0 Å². The van der Waals surface area contributed by atoms with Gasteiger partial charge < -0.3 is 15.3 Å². The number of hydrogen-bond acceptors (Lipinski definition) is 3. The lowest BCUT2D eigenvalue weighted by Crippen LogP contribution is -2.37. The van der Waals surface area contributed by atoms with E-state index in [1.165, 1.54) is 11.0 Å². The van der Waals surface area contributed by atoms with Crippen LogP contribution in [0.5, 0.6) is 0 Å². The molecule has 0 saturated heterocycles. The van der Waals surface area contributed by atoms with E-state index in [4.69, 9.17) is 16.7 Å². The molecule has 0 fully saturated rings. The topological polar surface area (TPSA) is 69.6 Å². The van der Waals surface area contributed by atoms with Crippen LogP contribution in [0.15, 0.2) is 18.2 Å². The van der Waals surface area contributed by atoms with E-state index in [1.54, 1.807) is 19.2 Å². The van der Waals surface area contributed by atoms with Crippen LogP contribution < -0.4 is 5.32 Å². The van der Waals surface area contributed by atoms with E-state index in [2.05, 4.69) is 17.2 Å². The Labute approximate surface area is 128 Å². The molecule has 6 heteroatoms. The lowest BCUT2D eigenvalue weighted by molar-refractivity contribution is -0.128. The summed E-state index contributed by atoms with van der Waals surface area (Å²) < 4.78 is 0. The fourth-order valence-electron chi connectivity index (χ4n) is 1.46. The first kappa shape index (κ1) is 17.0. The average Bonchev–Trinajstić information content (AvgIpc) is 2.50. The third-order valence-corrected chi connectivity index (χ3v) is 3.15. The van der Waals surface area contributed by atoms with Crippen LogP contribution in [0.1, 0.15) is 22.8 Å². The van der Waals surface area contributed by atoms with Gasteiger partial charge in [0.15, 0.2) is 0 Å². The molecular formula is C15H17ClN2O3. The van der Waals surface area contributed by atoms with E-state index in [0.717, 1.165) is 0 Å². The largest absolute Gasteiger partial charge is 0.384 e. The first-order valence-electron chi connectivity index (χ1n) is 6.41. The molecule has 0 spiro atoms. The van der Waals surface area contributed by atoms with Crippen molar-refractivity contribution in [2.24, 2.45) is 0 Å². The van der Waals surface area contributed by atoms with Crippen LogP contribution in [-0.2, 0) is 4.79 Å². The molecule has 0 aliphatic rings. The Morgan fingerprint density at radius 2 is 2.14 bits per heavy atom. The van der Waals surface area contributed by atoms with Gasteiger partial charge in [0.1, 0.15) is 6.61 Å². The highest BCUT2D eigenvalue weighted by atomic mass is 35.5. The smallest absolute Gasteiger partial charge is 0.251 e. The normalized spacial score (nSPS) is 9.52. The molecule has 0 saturated carbocycles. The van der Waals surface area contributed by atoms with Crippen LogP contribution in [0.3, 0.4) is 0 Å². The number of nitrogens with zero attached hydrogens (tertiary/aromatic N) is 1. The Balaban J connectivity index is 2.71. The van der Waals surface area contributed by atoms with Crippen LogP contribution in [-0.4, -0.2) is 48.6 Å². The fraction of sp³-hybridized carbons (Fsp3) is 0.333. The van der Waals surface area contributed by atoms with Crippen molar-refractivity contribution in [3.63, 3.8) is 0 Å². The number of carbonyl (C=O) groups excluding carboxylic acids is 2. The zero-order valence-electron chi connectivity index (χ0n) is 11.9. The van der Waals surface area contributed by atoms with Crippen molar-refractivity contribution >= 4 is 23.4 Å². The van der Waals surface area contributed by atoms with Crippen molar-refractivity contribution in [3.8, 4) is 11.8 Å². The fourth-order valence-corrected chi connectivity index (χ4v) is 1.69. The first-order valence-corrected chi connectivity index (χ1v) is 6.78. The second-order valence-electron chi connectivity index (χ2n) is 4.25. The highest BCUT2D eigenvalue weighted by Gasteiger charge is 2.11. The van der Waals surface area contributed by atoms with E-state index in [0.29, 0.717) is 22.7 Å². The number of aliphatic hydroxyl groups is 1. The zero-order chi connectivity index (χ0) is 15.8. The summed E-state index contributed by atoms with van der Waals surface area (Å²) in [7, 11) is 1.67. The number of hydrogen-bond donors (Lipinski definition) is 2. The number of halogens is 1. The second kappa shape index (κ2) is 8.30. The molecule has 0 atom stereocenters. The van der Waals surface area contributed by atoms with E-state index >= 15 is 0 Å². The minimum absolute atomic E-state index is 0.0626. The number of benzene rings is 1. The van der Waals surface area contributed by atoms with E-state index in [1.807, 2.05) is 6.92 Å². The Morgan fingerprint density at radius 1 is 1.43 bits per heavy atom. The standard InChI is InChI=1S/C15H17ClN2O3/c1-3-18(2)14(20)10-17-15(21)12-7-6-11(5-4-8-19)13(16)9-12/h6-7,9,19H,3,8,10H2,1-2H3,(H,17,21). The van der Waals surface area contributed by atoms with Crippen LogP contribution in [0.2, 0.25) is 5.02 Å². The van der Waals surface area contributed by atoms with Gasteiger partial charge in [0.05, 0.1) is 11.6 Å². The van der Waals surface area contributed by atoms with Gasteiger partial charge in [-0.25, -0.2) is 0 Å². The third-order valence-electron chi connectivity index (χ3n) is 2.83. The Hall–Kier alpha value is -2.03. The summed E-state index contributed by atoms with van der Waals surface area (Å²) in [5, 5.41) is 11.5. The molecule has 21 heavy (non-hydrogen) atoms. The number of likely N-dealkylation sites (N-methyl/N-ethyl adjacent to an activating group) is 1. The first-order chi connectivity index (χ1) is 9.99. The average molecular weight is 309 g/mol. The summed E-state index contributed by atoms with van der Waals surface area (Å²) in [4.78, 5) is 25.0. The Bertz CT molecular complexity index is 590. The molecule has 0 aliphatic heterocycles. The predicted octanol–water partition coefficient (Wildman–Crippen LogP) is 0.892. The molecule has 0 aromatic heterocycles. The summed E-state index contributed by atoms with van der Waals surface area (Å²) in [5.74, 6) is 4.62.